The summed E-state index contributed by atoms with van der Waals surface area (Å²) in [6.07, 6.45) is 0.607. The fraction of sp³-hybridized carbons (Fsp3) is 0.250. The van der Waals surface area contributed by atoms with Gasteiger partial charge >= 0.3 is 5.97 Å². The SMILES string of the molecule is CC(SC(=O)c1ccccc1)C(=O)N1CCc2ccccc2C1C(=O)O. The van der Waals surface area contributed by atoms with Crippen LogP contribution in [-0.4, -0.2) is 38.8 Å². The van der Waals surface area contributed by atoms with Gasteiger partial charge in [0, 0.05) is 12.1 Å². The van der Waals surface area contributed by atoms with E-state index in [-0.39, 0.29) is 11.0 Å². The van der Waals surface area contributed by atoms with Crippen LogP contribution in [0.5, 0.6) is 0 Å². The molecule has 0 saturated heterocycles. The Morgan fingerprint density at radius 3 is 2.42 bits per heavy atom. The van der Waals surface area contributed by atoms with Crippen molar-refractivity contribution in [1.29, 1.82) is 0 Å². The summed E-state index contributed by atoms with van der Waals surface area (Å²) in [5.41, 5.74) is 2.12. The minimum atomic E-state index is -1.06. The third-order valence-corrected chi connectivity index (χ3v) is 5.45. The fourth-order valence-electron chi connectivity index (χ4n) is 3.16. The van der Waals surface area contributed by atoms with Crippen LogP contribution in [0, 0.1) is 0 Å². The highest BCUT2D eigenvalue weighted by molar-refractivity contribution is 8.15. The lowest BCUT2D eigenvalue weighted by Gasteiger charge is -2.36. The van der Waals surface area contributed by atoms with Crippen LogP contribution in [-0.2, 0) is 16.0 Å². The second-order valence-corrected chi connectivity index (χ2v) is 7.45. The van der Waals surface area contributed by atoms with Crippen molar-refractivity contribution in [3.63, 3.8) is 0 Å². The summed E-state index contributed by atoms with van der Waals surface area (Å²) in [5.74, 6) is -1.39. The molecule has 2 unspecified atom stereocenters. The highest BCUT2D eigenvalue weighted by Crippen LogP contribution is 2.32. The smallest absolute Gasteiger partial charge is 0.331 e. The van der Waals surface area contributed by atoms with Gasteiger partial charge in [0.1, 0.15) is 0 Å². The molecule has 1 N–H and O–H groups in total. The predicted octanol–water partition coefficient (Wildman–Crippen LogP) is 3.16. The van der Waals surface area contributed by atoms with E-state index in [0.29, 0.717) is 24.1 Å². The Hall–Kier alpha value is -2.60. The van der Waals surface area contributed by atoms with Gasteiger partial charge in [-0.1, -0.05) is 66.4 Å². The van der Waals surface area contributed by atoms with E-state index in [9.17, 15) is 19.5 Å². The molecule has 3 rings (SSSR count). The summed E-state index contributed by atoms with van der Waals surface area (Å²) < 4.78 is 0. The van der Waals surface area contributed by atoms with Crippen LogP contribution in [0.3, 0.4) is 0 Å². The molecular formula is C20H19NO4S. The molecule has 0 saturated carbocycles. The molecule has 134 valence electrons. The first-order chi connectivity index (χ1) is 12.5. The minimum absolute atomic E-state index is 0.198. The number of hydrogen-bond acceptors (Lipinski definition) is 4. The van der Waals surface area contributed by atoms with Gasteiger partial charge in [0.2, 0.25) is 11.0 Å². The number of carboxylic acids is 1. The maximum Gasteiger partial charge on any atom is 0.331 e. The number of carbonyl (C=O) groups excluding carboxylic acids is 2. The minimum Gasteiger partial charge on any atom is -0.479 e. The highest BCUT2D eigenvalue weighted by Gasteiger charge is 2.37. The number of fused-ring (bicyclic) bond motifs is 1. The molecule has 1 heterocycles. The predicted molar refractivity (Wildman–Crippen MR) is 100 cm³/mol. The molecule has 1 amide bonds. The quantitative estimate of drug-likeness (QED) is 0.896. The molecule has 0 aromatic heterocycles. The highest BCUT2D eigenvalue weighted by atomic mass is 32.2. The molecule has 2 aromatic carbocycles. The molecule has 6 heteroatoms. The van der Waals surface area contributed by atoms with Crippen LogP contribution >= 0.6 is 11.8 Å². The summed E-state index contributed by atoms with van der Waals surface area (Å²) in [4.78, 5) is 38.4. The summed E-state index contributed by atoms with van der Waals surface area (Å²) >= 11 is 0.926. The number of thioether (sulfide) groups is 1. The number of carboxylic acid groups (broad SMARTS) is 1. The van der Waals surface area contributed by atoms with Crippen molar-refractivity contribution in [3.05, 3.63) is 71.3 Å². The molecule has 2 atom stereocenters. The molecule has 0 aliphatic carbocycles. The van der Waals surface area contributed by atoms with Crippen molar-refractivity contribution < 1.29 is 19.5 Å². The molecular weight excluding hydrogens is 350 g/mol. The molecule has 1 aliphatic heterocycles. The van der Waals surface area contributed by atoms with Gasteiger partial charge in [0.15, 0.2) is 6.04 Å². The third kappa shape index (κ3) is 3.65. The first-order valence-corrected chi connectivity index (χ1v) is 9.24. The van der Waals surface area contributed by atoms with Gasteiger partial charge in [0.25, 0.3) is 0 Å². The second kappa shape index (κ2) is 7.74. The van der Waals surface area contributed by atoms with Gasteiger partial charge < -0.3 is 10.0 Å². The Kier molecular flexibility index (Phi) is 5.42. The average molecular weight is 369 g/mol. The van der Waals surface area contributed by atoms with E-state index < -0.39 is 17.3 Å². The largest absolute Gasteiger partial charge is 0.479 e. The lowest BCUT2D eigenvalue weighted by molar-refractivity contribution is -0.150. The van der Waals surface area contributed by atoms with Crippen molar-refractivity contribution in [2.24, 2.45) is 0 Å². The van der Waals surface area contributed by atoms with Gasteiger partial charge in [-0.05, 0) is 24.5 Å². The van der Waals surface area contributed by atoms with E-state index in [1.54, 1.807) is 43.3 Å². The average Bonchev–Trinajstić information content (AvgIpc) is 2.66. The van der Waals surface area contributed by atoms with Crippen molar-refractivity contribution in [2.75, 3.05) is 6.54 Å². The number of aliphatic carboxylic acids is 1. The van der Waals surface area contributed by atoms with Gasteiger partial charge in [0.05, 0.1) is 5.25 Å². The van der Waals surface area contributed by atoms with E-state index in [1.165, 1.54) is 4.90 Å². The molecule has 5 nitrogen and oxygen atoms in total. The van der Waals surface area contributed by atoms with Crippen LogP contribution in [0.1, 0.15) is 34.5 Å². The summed E-state index contributed by atoms with van der Waals surface area (Å²) in [5, 5.41) is 8.82. The summed E-state index contributed by atoms with van der Waals surface area (Å²) in [6.45, 7) is 1.98. The van der Waals surface area contributed by atoms with Crippen molar-refractivity contribution in [3.8, 4) is 0 Å². The Morgan fingerprint density at radius 2 is 1.73 bits per heavy atom. The van der Waals surface area contributed by atoms with Crippen molar-refractivity contribution in [2.45, 2.75) is 24.6 Å². The Morgan fingerprint density at radius 1 is 1.08 bits per heavy atom. The van der Waals surface area contributed by atoms with Gasteiger partial charge in [-0.15, -0.1) is 0 Å². The molecule has 0 spiro atoms. The molecule has 0 radical (unpaired) electrons. The lowest BCUT2D eigenvalue weighted by atomic mass is 9.92. The van der Waals surface area contributed by atoms with Gasteiger partial charge in [-0.2, -0.15) is 0 Å². The zero-order chi connectivity index (χ0) is 18.7. The topological polar surface area (TPSA) is 74.7 Å². The molecule has 1 aliphatic rings. The van der Waals surface area contributed by atoms with E-state index in [2.05, 4.69) is 0 Å². The first-order valence-electron chi connectivity index (χ1n) is 8.36. The van der Waals surface area contributed by atoms with E-state index in [0.717, 1.165) is 17.3 Å². The van der Waals surface area contributed by atoms with E-state index in [4.69, 9.17) is 0 Å². The monoisotopic (exact) mass is 369 g/mol. The van der Waals surface area contributed by atoms with Gasteiger partial charge in [-0.25, -0.2) is 4.79 Å². The van der Waals surface area contributed by atoms with Crippen molar-refractivity contribution >= 4 is 28.8 Å². The number of benzene rings is 2. The number of amides is 1. The van der Waals surface area contributed by atoms with Gasteiger partial charge in [-0.3, -0.25) is 9.59 Å². The Bertz CT molecular complexity index is 837. The standard InChI is InChI=1S/C20H19NO4S/c1-13(26-20(25)15-8-3-2-4-9-15)18(22)21-12-11-14-7-5-6-10-16(14)17(21)19(23)24/h2-10,13,17H,11-12H2,1H3,(H,23,24). The van der Waals surface area contributed by atoms with Crippen LogP contribution < -0.4 is 0 Å². The first kappa shape index (κ1) is 18.2. The number of carbonyl (C=O) groups is 3. The number of hydrogen-bond donors (Lipinski definition) is 1. The summed E-state index contributed by atoms with van der Waals surface area (Å²) in [6, 6.07) is 15.0. The molecule has 0 bridgehead atoms. The van der Waals surface area contributed by atoms with E-state index in [1.807, 2.05) is 18.2 Å². The van der Waals surface area contributed by atoms with Crippen molar-refractivity contribution in [1.82, 2.24) is 4.90 Å². The van der Waals surface area contributed by atoms with Crippen LogP contribution in [0.4, 0.5) is 0 Å². The van der Waals surface area contributed by atoms with E-state index >= 15 is 0 Å². The molecule has 0 fully saturated rings. The third-order valence-electron chi connectivity index (χ3n) is 4.44. The summed E-state index contributed by atoms with van der Waals surface area (Å²) in [7, 11) is 0. The Balaban J connectivity index is 1.78. The maximum atomic E-state index is 12.9. The normalized spacial score (nSPS) is 17.3. The fourth-order valence-corrected chi connectivity index (χ4v) is 3.99. The zero-order valence-corrected chi connectivity index (χ0v) is 15.1. The Labute approximate surface area is 156 Å². The van der Waals surface area contributed by atoms with Crippen LogP contribution in [0.25, 0.3) is 0 Å². The van der Waals surface area contributed by atoms with Crippen LogP contribution in [0.15, 0.2) is 54.6 Å². The molecule has 2 aromatic rings. The second-order valence-electron chi connectivity index (χ2n) is 6.13. The van der Waals surface area contributed by atoms with Crippen LogP contribution in [0.2, 0.25) is 0 Å². The zero-order valence-electron chi connectivity index (χ0n) is 14.3. The molecule has 26 heavy (non-hydrogen) atoms. The maximum absolute atomic E-state index is 12.9. The number of rotatable bonds is 4. The number of nitrogens with zero attached hydrogens (tertiary/aromatic N) is 1. The lowest BCUT2D eigenvalue weighted by Crippen LogP contribution is -2.46.